The van der Waals surface area contributed by atoms with Crippen LogP contribution in [0.1, 0.15) is 29.6 Å². The summed E-state index contributed by atoms with van der Waals surface area (Å²) in [7, 11) is 0. The van der Waals surface area contributed by atoms with Crippen LogP contribution in [-0.2, 0) is 0 Å². The maximum atomic E-state index is 12.3. The Bertz CT molecular complexity index is 744. The Hall–Kier alpha value is -2.60. The average Bonchev–Trinajstić information content (AvgIpc) is 2.73. The van der Waals surface area contributed by atoms with Crippen LogP contribution in [0.4, 0.5) is 0 Å². The van der Waals surface area contributed by atoms with Crippen molar-refractivity contribution in [1.29, 1.82) is 0 Å². The minimum atomic E-state index is -0.190. The van der Waals surface area contributed by atoms with Crippen molar-refractivity contribution in [1.82, 2.24) is 10.2 Å². The summed E-state index contributed by atoms with van der Waals surface area (Å²) >= 11 is 5.34. The normalized spacial score (nSPS) is 13.7. The number of nitrogens with one attached hydrogen (secondary N) is 1. The lowest BCUT2D eigenvalue weighted by Crippen LogP contribution is -2.44. The summed E-state index contributed by atoms with van der Waals surface area (Å²) in [5.41, 5.74) is 0.558. The standard InChI is InChI=1S/C21H24N2O3S/c24-20(22-21(27)23-13-5-2-6-14-23)17-9-11-19(12-10-17)26-16-15-25-18-7-3-1-4-8-18/h1,3-4,7-12H,2,5-6,13-16H2,(H,22,24,27). The molecule has 2 aromatic carbocycles. The molecule has 1 fully saturated rings. The van der Waals surface area contributed by atoms with Crippen LogP contribution in [0.5, 0.6) is 11.5 Å². The summed E-state index contributed by atoms with van der Waals surface area (Å²) in [6.45, 7) is 2.71. The molecule has 5 nitrogen and oxygen atoms in total. The number of nitrogens with zero attached hydrogens (tertiary/aromatic N) is 1. The van der Waals surface area contributed by atoms with Gasteiger partial charge in [0.1, 0.15) is 24.7 Å². The minimum absolute atomic E-state index is 0.190. The highest BCUT2D eigenvalue weighted by atomic mass is 32.1. The predicted molar refractivity (Wildman–Crippen MR) is 109 cm³/mol. The summed E-state index contributed by atoms with van der Waals surface area (Å²) in [4.78, 5) is 14.4. The molecule has 1 N–H and O–H groups in total. The van der Waals surface area contributed by atoms with Crippen molar-refractivity contribution in [3.63, 3.8) is 0 Å². The number of likely N-dealkylation sites (tertiary alicyclic amines) is 1. The number of ether oxygens (including phenoxy) is 2. The number of carbonyl (C=O) groups excluding carboxylic acids is 1. The zero-order valence-electron chi connectivity index (χ0n) is 15.2. The Morgan fingerprint density at radius 2 is 1.48 bits per heavy atom. The molecule has 0 atom stereocenters. The average molecular weight is 385 g/mol. The molecule has 142 valence electrons. The second-order valence-electron chi connectivity index (χ2n) is 6.34. The lowest BCUT2D eigenvalue weighted by atomic mass is 10.1. The zero-order valence-corrected chi connectivity index (χ0v) is 16.0. The second-order valence-corrected chi connectivity index (χ2v) is 6.73. The third-order valence-electron chi connectivity index (χ3n) is 4.34. The van der Waals surface area contributed by atoms with Gasteiger partial charge < -0.3 is 14.4 Å². The Morgan fingerprint density at radius 1 is 0.889 bits per heavy atom. The quantitative estimate of drug-likeness (QED) is 0.609. The van der Waals surface area contributed by atoms with Gasteiger partial charge in [0, 0.05) is 18.7 Å². The third kappa shape index (κ3) is 5.96. The van der Waals surface area contributed by atoms with Crippen LogP contribution < -0.4 is 14.8 Å². The molecule has 1 aliphatic rings. The van der Waals surface area contributed by atoms with Crippen LogP contribution in [0.15, 0.2) is 54.6 Å². The third-order valence-corrected chi connectivity index (χ3v) is 4.70. The Labute approximate surface area is 165 Å². The summed E-state index contributed by atoms with van der Waals surface area (Å²) < 4.78 is 11.2. The van der Waals surface area contributed by atoms with Crippen LogP contribution >= 0.6 is 12.2 Å². The number of hydrogen-bond donors (Lipinski definition) is 1. The van der Waals surface area contributed by atoms with E-state index in [1.165, 1.54) is 6.42 Å². The van der Waals surface area contributed by atoms with Gasteiger partial charge >= 0.3 is 0 Å². The van der Waals surface area contributed by atoms with Crippen LogP contribution in [0.2, 0.25) is 0 Å². The summed E-state index contributed by atoms with van der Waals surface area (Å²) in [6, 6.07) is 16.6. The molecule has 0 spiro atoms. The number of rotatable bonds is 6. The highest BCUT2D eigenvalue weighted by Crippen LogP contribution is 2.14. The van der Waals surface area contributed by atoms with Gasteiger partial charge in [0.15, 0.2) is 5.11 Å². The fourth-order valence-electron chi connectivity index (χ4n) is 2.88. The lowest BCUT2D eigenvalue weighted by molar-refractivity contribution is 0.0972. The van der Waals surface area contributed by atoms with E-state index in [4.69, 9.17) is 21.7 Å². The lowest BCUT2D eigenvalue weighted by Gasteiger charge is -2.28. The summed E-state index contributed by atoms with van der Waals surface area (Å²) in [5.74, 6) is 1.32. The first-order valence-electron chi connectivity index (χ1n) is 9.23. The van der Waals surface area contributed by atoms with Crippen LogP contribution in [0.25, 0.3) is 0 Å². The van der Waals surface area contributed by atoms with E-state index in [1.54, 1.807) is 24.3 Å². The van der Waals surface area contributed by atoms with E-state index in [-0.39, 0.29) is 5.91 Å². The topological polar surface area (TPSA) is 50.8 Å². The van der Waals surface area contributed by atoms with Crippen molar-refractivity contribution < 1.29 is 14.3 Å². The number of carbonyl (C=O) groups is 1. The molecule has 0 bridgehead atoms. The van der Waals surface area contributed by atoms with E-state index in [0.29, 0.717) is 29.6 Å². The van der Waals surface area contributed by atoms with Gasteiger partial charge in [0.05, 0.1) is 0 Å². The van der Waals surface area contributed by atoms with Crippen LogP contribution in [0.3, 0.4) is 0 Å². The first-order valence-corrected chi connectivity index (χ1v) is 9.64. The Morgan fingerprint density at radius 3 is 2.11 bits per heavy atom. The molecule has 1 aliphatic heterocycles. The molecule has 27 heavy (non-hydrogen) atoms. The first kappa shape index (κ1) is 19.2. The van der Waals surface area contributed by atoms with Crippen LogP contribution in [-0.4, -0.2) is 42.2 Å². The molecule has 1 saturated heterocycles. The summed E-state index contributed by atoms with van der Waals surface area (Å²) in [6.07, 6.45) is 3.47. The fraction of sp³-hybridized carbons (Fsp3) is 0.333. The number of benzene rings is 2. The Kier molecular flexibility index (Phi) is 7.04. The van der Waals surface area contributed by atoms with Gasteiger partial charge in [-0.25, -0.2) is 0 Å². The second kappa shape index (κ2) is 9.92. The largest absolute Gasteiger partial charge is 0.490 e. The number of hydrogen-bond acceptors (Lipinski definition) is 4. The highest BCUT2D eigenvalue weighted by Gasteiger charge is 2.16. The molecular formula is C21H24N2O3S. The highest BCUT2D eigenvalue weighted by molar-refractivity contribution is 7.80. The van der Waals surface area contributed by atoms with Gasteiger partial charge in [-0.3, -0.25) is 10.1 Å². The smallest absolute Gasteiger partial charge is 0.257 e. The van der Waals surface area contributed by atoms with Gasteiger partial charge in [0.2, 0.25) is 0 Å². The van der Waals surface area contributed by atoms with E-state index in [0.717, 1.165) is 31.7 Å². The molecule has 6 heteroatoms. The molecule has 0 aromatic heterocycles. The number of amides is 1. The van der Waals surface area contributed by atoms with Gasteiger partial charge in [0.25, 0.3) is 5.91 Å². The van der Waals surface area contributed by atoms with Gasteiger partial charge in [-0.15, -0.1) is 0 Å². The van der Waals surface area contributed by atoms with Crippen molar-refractivity contribution in [3.05, 3.63) is 60.2 Å². The fourth-order valence-corrected chi connectivity index (χ4v) is 3.16. The maximum absolute atomic E-state index is 12.3. The molecular weight excluding hydrogens is 360 g/mol. The predicted octanol–water partition coefficient (Wildman–Crippen LogP) is 3.65. The first-order chi connectivity index (χ1) is 13.2. The monoisotopic (exact) mass is 384 g/mol. The number of para-hydroxylation sites is 1. The zero-order chi connectivity index (χ0) is 18.9. The van der Waals surface area contributed by atoms with Crippen molar-refractivity contribution >= 4 is 23.2 Å². The molecule has 3 rings (SSSR count). The molecule has 2 aromatic rings. The van der Waals surface area contributed by atoms with E-state index < -0.39 is 0 Å². The number of thiocarbonyl (C=S) groups is 1. The van der Waals surface area contributed by atoms with Gasteiger partial charge in [-0.2, -0.15) is 0 Å². The summed E-state index contributed by atoms with van der Waals surface area (Å²) in [5, 5.41) is 3.33. The van der Waals surface area contributed by atoms with E-state index in [2.05, 4.69) is 10.2 Å². The molecule has 1 heterocycles. The van der Waals surface area contributed by atoms with E-state index >= 15 is 0 Å². The molecule has 0 unspecified atom stereocenters. The minimum Gasteiger partial charge on any atom is -0.490 e. The van der Waals surface area contributed by atoms with Crippen molar-refractivity contribution in [3.8, 4) is 11.5 Å². The molecule has 0 aliphatic carbocycles. The van der Waals surface area contributed by atoms with Gasteiger partial charge in [-0.05, 0) is 67.9 Å². The maximum Gasteiger partial charge on any atom is 0.257 e. The van der Waals surface area contributed by atoms with E-state index in [9.17, 15) is 4.79 Å². The Balaban J connectivity index is 1.42. The molecule has 0 radical (unpaired) electrons. The SMILES string of the molecule is O=C(NC(=S)N1CCCCC1)c1ccc(OCCOc2ccccc2)cc1. The van der Waals surface area contributed by atoms with Crippen molar-refractivity contribution in [2.45, 2.75) is 19.3 Å². The van der Waals surface area contributed by atoms with E-state index in [1.807, 2.05) is 30.3 Å². The number of piperidine rings is 1. The van der Waals surface area contributed by atoms with Crippen molar-refractivity contribution in [2.75, 3.05) is 26.3 Å². The van der Waals surface area contributed by atoms with Crippen molar-refractivity contribution in [2.24, 2.45) is 0 Å². The van der Waals surface area contributed by atoms with Crippen LogP contribution in [0, 0.1) is 0 Å². The molecule has 1 amide bonds. The molecule has 0 saturated carbocycles. The van der Waals surface area contributed by atoms with Gasteiger partial charge in [-0.1, -0.05) is 18.2 Å².